The van der Waals surface area contributed by atoms with Crippen molar-refractivity contribution in [1.29, 1.82) is 0 Å². The third-order valence-corrected chi connectivity index (χ3v) is 6.71. The number of carbonyl (C=O) groups excluding carboxylic acids is 1. The van der Waals surface area contributed by atoms with E-state index in [0.717, 1.165) is 43.2 Å². The van der Waals surface area contributed by atoms with Crippen LogP contribution in [-0.2, 0) is 9.84 Å². The van der Waals surface area contributed by atoms with Crippen molar-refractivity contribution in [3.05, 3.63) is 16.3 Å². The molecule has 1 aromatic heterocycles. The molecule has 0 radical (unpaired) electrons. The zero-order chi connectivity index (χ0) is 15.9. The van der Waals surface area contributed by atoms with Crippen LogP contribution in [-0.4, -0.2) is 50.2 Å². The Morgan fingerprint density at radius 2 is 2.05 bits per heavy atom. The molecule has 2 fully saturated rings. The van der Waals surface area contributed by atoms with Gasteiger partial charge in [-0.1, -0.05) is 0 Å². The summed E-state index contributed by atoms with van der Waals surface area (Å²) in [6.45, 7) is 1.46. The Hall–Kier alpha value is -1.06. The predicted octanol–water partition coefficient (Wildman–Crippen LogP) is 1.71. The zero-order valence-electron chi connectivity index (χ0n) is 11.7. The maximum absolute atomic E-state index is 12.8. The molecule has 3 rings (SSSR count). The number of hydrogen-bond donors (Lipinski definition) is 1. The zero-order valence-corrected chi connectivity index (χ0v) is 13.3. The van der Waals surface area contributed by atoms with Crippen molar-refractivity contribution in [2.24, 2.45) is 0 Å². The summed E-state index contributed by atoms with van der Waals surface area (Å²) in [5.41, 5.74) is 0. The Labute approximate surface area is 131 Å². The normalized spacial score (nSPS) is 25.5. The number of fused-ring (bicyclic) bond motifs is 2. The van der Waals surface area contributed by atoms with Crippen LogP contribution in [0.5, 0.6) is 0 Å². The molecular weight excluding hydrogens is 334 g/mol. The molecule has 3 heterocycles. The maximum Gasteiger partial charge on any atom is 0.341 e. The van der Waals surface area contributed by atoms with Crippen molar-refractivity contribution >= 4 is 27.1 Å². The fraction of sp³-hybridized carbons (Fsp3) is 0.615. The van der Waals surface area contributed by atoms with Crippen molar-refractivity contribution < 1.29 is 22.0 Å². The van der Waals surface area contributed by atoms with Crippen LogP contribution in [0.2, 0.25) is 0 Å². The number of alkyl halides is 2. The second-order valence-corrected chi connectivity index (χ2v) is 8.31. The summed E-state index contributed by atoms with van der Waals surface area (Å²) < 4.78 is 49.0. The molecule has 0 saturated carbocycles. The number of amides is 1. The van der Waals surface area contributed by atoms with Gasteiger partial charge in [0.15, 0.2) is 0 Å². The number of rotatable bonds is 3. The SMILES string of the molecule is O=C(c1sccc1S(=O)(=O)C(F)F)N1C2CCNCC1CC2. The molecule has 122 valence electrons. The Bertz CT molecular complexity index is 661. The summed E-state index contributed by atoms with van der Waals surface area (Å²) in [7, 11) is -4.76. The van der Waals surface area contributed by atoms with E-state index >= 15 is 0 Å². The molecule has 9 heteroatoms. The molecule has 0 spiro atoms. The van der Waals surface area contributed by atoms with Gasteiger partial charge in [-0.15, -0.1) is 11.3 Å². The van der Waals surface area contributed by atoms with Crippen molar-refractivity contribution in [3.8, 4) is 0 Å². The fourth-order valence-corrected chi connectivity index (χ4v) is 5.31. The maximum atomic E-state index is 12.8. The lowest BCUT2D eigenvalue weighted by Crippen LogP contribution is -2.42. The van der Waals surface area contributed by atoms with Gasteiger partial charge in [-0.2, -0.15) is 8.78 Å². The summed E-state index contributed by atoms with van der Waals surface area (Å²) >= 11 is 0.910. The molecule has 5 nitrogen and oxygen atoms in total. The number of halogens is 2. The van der Waals surface area contributed by atoms with Gasteiger partial charge in [-0.3, -0.25) is 4.79 Å². The minimum Gasteiger partial charge on any atom is -0.331 e. The molecule has 2 bridgehead atoms. The Kier molecular flexibility index (Phi) is 4.21. The van der Waals surface area contributed by atoms with Gasteiger partial charge in [-0.25, -0.2) is 8.42 Å². The Morgan fingerprint density at radius 3 is 2.77 bits per heavy atom. The molecule has 2 aliphatic rings. The molecule has 0 aliphatic carbocycles. The van der Waals surface area contributed by atoms with Crippen molar-refractivity contribution in [1.82, 2.24) is 10.2 Å². The lowest BCUT2D eigenvalue weighted by Gasteiger charge is -2.27. The van der Waals surface area contributed by atoms with Crippen LogP contribution in [0.1, 0.15) is 28.9 Å². The van der Waals surface area contributed by atoms with Gasteiger partial charge < -0.3 is 10.2 Å². The Morgan fingerprint density at radius 1 is 1.32 bits per heavy atom. The lowest BCUT2D eigenvalue weighted by atomic mass is 10.1. The summed E-state index contributed by atoms with van der Waals surface area (Å²) in [6, 6.07) is 1.15. The van der Waals surface area contributed by atoms with Crippen molar-refractivity contribution in [3.63, 3.8) is 0 Å². The highest BCUT2D eigenvalue weighted by atomic mass is 32.2. The van der Waals surface area contributed by atoms with E-state index in [1.165, 1.54) is 5.38 Å². The van der Waals surface area contributed by atoms with Crippen LogP contribution in [0.15, 0.2) is 16.3 Å². The fourth-order valence-electron chi connectivity index (χ4n) is 3.20. The minimum absolute atomic E-state index is 0.00389. The molecule has 1 N–H and O–H groups in total. The Balaban J connectivity index is 1.96. The first kappa shape index (κ1) is 15.8. The smallest absolute Gasteiger partial charge is 0.331 e. The minimum atomic E-state index is -4.76. The quantitative estimate of drug-likeness (QED) is 0.901. The van der Waals surface area contributed by atoms with Gasteiger partial charge in [-0.05, 0) is 37.3 Å². The summed E-state index contributed by atoms with van der Waals surface area (Å²) in [4.78, 5) is 13.8. The number of sulfone groups is 1. The van der Waals surface area contributed by atoms with Crippen LogP contribution in [0.25, 0.3) is 0 Å². The number of nitrogens with zero attached hydrogens (tertiary/aromatic N) is 1. The third kappa shape index (κ3) is 2.55. The summed E-state index contributed by atoms with van der Waals surface area (Å²) in [5.74, 6) is -3.96. The van der Waals surface area contributed by atoms with E-state index < -0.39 is 26.4 Å². The molecule has 2 saturated heterocycles. The van der Waals surface area contributed by atoms with Gasteiger partial charge in [0.2, 0.25) is 9.84 Å². The van der Waals surface area contributed by atoms with E-state index in [9.17, 15) is 22.0 Å². The average Bonchev–Trinajstić information content (AvgIpc) is 3.02. The van der Waals surface area contributed by atoms with E-state index in [1.807, 2.05) is 0 Å². The topological polar surface area (TPSA) is 66.5 Å². The van der Waals surface area contributed by atoms with E-state index in [0.29, 0.717) is 6.54 Å². The first-order valence-corrected chi connectivity index (χ1v) is 9.48. The molecule has 1 aromatic rings. The van der Waals surface area contributed by atoms with Crippen LogP contribution < -0.4 is 5.32 Å². The molecule has 2 atom stereocenters. The van der Waals surface area contributed by atoms with Gasteiger partial charge in [0.25, 0.3) is 5.91 Å². The molecule has 0 aromatic carbocycles. The summed E-state index contributed by atoms with van der Waals surface area (Å²) in [6.07, 6.45) is 2.52. The van der Waals surface area contributed by atoms with Crippen LogP contribution >= 0.6 is 11.3 Å². The highest BCUT2D eigenvalue weighted by Crippen LogP contribution is 2.34. The van der Waals surface area contributed by atoms with Crippen LogP contribution in [0.3, 0.4) is 0 Å². The van der Waals surface area contributed by atoms with Gasteiger partial charge in [0.1, 0.15) is 4.88 Å². The van der Waals surface area contributed by atoms with E-state index in [4.69, 9.17) is 0 Å². The molecule has 22 heavy (non-hydrogen) atoms. The van der Waals surface area contributed by atoms with Gasteiger partial charge in [0, 0.05) is 18.6 Å². The number of thiophene rings is 1. The monoisotopic (exact) mass is 350 g/mol. The van der Waals surface area contributed by atoms with Crippen LogP contribution in [0, 0.1) is 0 Å². The standard InChI is InChI=1S/C13H16F2N2O3S2/c14-13(15)22(19,20)10-4-6-21-11(10)12(18)17-8-1-2-9(17)7-16-5-3-8/h4,6,8-9,13,16H,1-3,5,7H2. The second kappa shape index (κ2) is 5.86. The highest BCUT2D eigenvalue weighted by molar-refractivity contribution is 7.92. The molecule has 1 amide bonds. The van der Waals surface area contributed by atoms with Gasteiger partial charge in [0.05, 0.1) is 4.90 Å². The van der Waals surface area contributed by atoms with Gasteiger partial charge >= 0.3 is 5.76 Å². The molecular formula is C13H16F2N2O3S2. The summed E-state index contributed by atoms with van der Waals surface area (Å²) in [5, 5.41) is 4.62. The molecule has 2 unspecified atom stereocenters. The van der Waals surface area contributed by atoms with E-state index in [-0.39, 0.29) is 17.0 Å². The number of carbonyl (C=O) groups is 1. The van der Waals surface area contributed by atoms with Crippen LogP contribution in [0.4, 0.5) is 8.78 Å². The largest absolute Gasteiger partial charge is 0.341 e. The first-order chi connectivity index (χ1) is 10.4. The van der Waals surface area contributed by atoms with Crippen molar-refractivity contribution in [2.75, 3.05) is 13.1 Å². The number of hydrogen-bond acceptors (Lipinski definition) is 5. The number of nitrogens with one attached hydrogen (secondary N) is 1. The average molecular weight is 350 g/mol. The first-order valence-electron chi connectivity index (χ1n) is 7.06. The van der Waals surface area contributed by atoms with E-state index in [1.54, 1.807) is 4.90 Å². The lowest BCUT2D eigenvalue weighted by molar-refractivity contribution is 0.0681. The third-order valence-electron chi connectivity index (χ3n) is 4.25. The predicted molar refractivity (Wildman–Crippen MR) is 78.0 cm³/mol. The molecule has 2 aliphatic heterocycles. The second-order valence-electron chi connectivity index (χ2n) is 5.51. The highest BCUT2D eigenvalue weighted by Gasteiger charge is 2.41. The van der Waals surface area contributed by atoms with E-state index in [2.05, 4.69) is 5.32 Å². The van der Waals surface area contributed by atoms with Crippen molar-refractivity contribution in [2.45, 2.75) is 42.0 Å².